The predicted molar refractivity (Wildman–Crippen MR) is 71.6 cm³/mol. The Morgan fingerprint density at radius 1 is 1.24 bits per heavy atom. The SMILES string of the molecule is CCCCC(N)CNCc1ccc(CO)cc1. The van der Waals surface area contributed by atoms with Gasteiger partial charge in [-0.25, -0.2) is 0 Å². The molecule has 1 aromatic rings. The third-order valence-corrected chi connectivity index (χ3v) is 2.87. The summed E-state index contributed by atoms with van der Waals surface area (Å²) in [6.07, 6.45) is 3.50. The molecule has 0 spiro atoms. The van der Waals surface area contributed by atoms with Crippen molar-refractivity contribution in [3.05, 3.63) is 35.4 Å². The van der Waals surface area contributed by atoms with Gasteiger partial charge in [-0.1, -0.05) is 44.0 Å². The first-order valence-corrected chi connectivity index (χ1v) is 6.41. The van der Waals surface area contributed by atoms with Crippen LogP contribution in [0, 0.1) is 0 Å². The predicted octanol–water partition coefficient (Wildman–Crippen LogP) is 1.79. The number of nitrogens with one attached hydrogen (secondary N) is 1. The monoisotopic (exact) mass is 236 g/mol. The van der Waals surface area contributed by atoms with Crippen LogP contribution in [0.25, 0.3) is 0 Å². The molecule has 4 N–H and O–H groups in total. The molecule has 17 heavy (non-hydrogen) atoms. The molecule has 3 nitrogen and oxygen atoms in total. The summed E-state index contributed by atoms with van der Waals surface area (Å²) in [5.74, 6) is 0. The topological polar surface area (TPSA) is 58.3 Å². The van der Waals surface area contributed by atoms with Crippen molar-refractivity contribution >= 4 is 0 Å². The minimum absolute atomic E-state index is 0.107. The van der Waals surface area contributed by atoms with E-state index in [2.05, 4.69) is 12.2 Å². The zero-order valence-electron chi connectivity index (χ0n) is 10.7. The van der Waals surface area contributed by atoms with Gasteiger partial charge in [-0.3, -0.25) is 0 Å². The molecule has 0 fully saturated rings. The molecule has 1 aromatic carbocycles. The van der Waals surface area contributed by atoms with Gasteiger partial charge in [0.05, 0.1) is 6.61 Å². The van der Waals surface area contributed by atoms with Crippen molar-refractivity contribution in [2.75, 3.05) is 6.54 Å². The van der Waals surface area contributed by atoms with E-state index in [9.17, 15) is 0 Å². The summed E-state index contributed by atoms with van der Waals surface area (Å²) in [7, 11) is 0. The number of hydrogen-bond donors (Lipinski definition) is 3. The van der Waals surface area contributed by atoms with Gasteiger partial charge in [0.2, 0.25) is 0 Å². The number of hydrogen-bond acceptors (Lipinski definition) is 3. The fourth-order valence-corrected chi connectivity index (χ4v) is 1.73. The molecule has 0 aliphatic carbocycles. The standard InChI is InChI=1S/C14H24N2O/c1-2-3-4-14(15)10-16-9-12-5-7-13(11-17)8-6-12/h5-8,14,16-17H,2-4,9-11,15H2,1H3. The van der Waals surface area contributed by atoms with Crippen molar-refractivity contribution < 1.29 is 5.11 Å². The van der Waals surface area contributed by atoms with Gasteiger partial charge in [0, 0.05) is 19.1 Å². The van der Waals surface area contributed by atoms with E-state index in [1.165, 1.54) is 18.4 Å². The lowest BCUT2D eigenvalue weighted by molar-refractivity contribution is 0.282. The number of unbranched alkanes of at least 4 members (excludes halogenated alkanes) is 1. The second kappa shape index (κ2) is 8.23. The number of aliphatic hydroxyl groups excluding tert-OH is 1. The van der Waals surface area contributed by atoms with Crippen molar-refractivity contribution in [1.29, 1.82) is 0 Å². The number of rotatable bonds is 8. The van der Waals surface area contributed by atoms with Crippen LogP contribution in [0.3, 0.4) is 0 Å². The summed E-state index contributed by atoms with van der Waals surface area (Å²) in [5, 5.41) is 12.3. The number of nitrogens with two attached hydrogens (primary N) is 1. The zero-order chi connectivity index (χ0) is 12.5. The van der Waals surface area contributed by atoms with Gasteiger partial charge >= 0.3 is 0 Å². The molecule has 0 aliphatic heterocycles. The molecule has 0 bridgehead atoms. The molecular weight excluding hydrogens is 212 g/mol. The molecule has 0 heterocycles. The largest absolute Gasteiger partial charge is 0.392 e. The van der Waals surface area contributed by atoms with Gasteiger partial charge < -0.3 is 16.2 Å². The van der Waals surface area contributed by atoms with E-state index >= 15 is 0 Å². The summed E-state index contributed by atoms with van der Waals surface area (Å²) in [4.78, 5) is 0. The van der Waals surface area contributed by atoms with Gasteiger partial charge in [0.15, 0.2) is 0 Å². The lowest BCUT2D eigenvalue weighted by Gasteiger charge is -2.12. The Bertz CT molecular complexity index is 298. The molecule has 1 rings (SSSR count). The Kier molecular flexibility index (Phi) is 6.86. The van der Waals surface area contributed by atoms with E-state index in [1.54, 1.807) is 0 Å². The fraction of sp³-hybridized carbons (Fsp3) is 0.571. The Labute approximate surface area is 104 Å². The minimum Gasteiger partial charge on any atom is -0.392 e. The van der Waals surface area contributed by atoms with Crippen LogP contribution in [0.4, 0.5) is 0 Å². The quantitative estimate of drug-likeness (QED) is 0.645. The smallest absolute Gasteiger partial charge is 0.0681 e. The van der Waals surface area contributed by atoms with E-state index in [1.807, 2.05) is 24.3 Å². The van der Waals surface area contributed by atoms with E-state index in [4.69, 9.17) is 10.8 Å². The molecule has 1 atom stereocenters. The van der Waals surface area contributed by atoms with Crippen LogP contribution in [-0.2, 0) is 13.2 Å². The molecular formula is C14H24N2O. The molecule has 3 heteroatoms. The van der Waals surface area contributed by atoms with Crippen molar-refractivity contribution in [3.63, 3.8) is 0 Å². The first kappa shape index (κ1) is 14.2. The first-order valence-electron chi connectivity index (χ1n) is 6.41. The maximum absolute atomic E-state index is 8.93. The highest BCUT2D eigenvalue weighted by molar-refractivity contribution is 5.21. The van der Waals surface area contributed by atoms with Crippen LogP contribution in [0.15, 0.2) is 24.3 Å². The van der Waals surface area contributed by atoms with Crippen LogP contribution >= 0.6 is 0 Å². The molecule has 0 saturated heterocycles. The van der Waals surface area contributed by atoms with Crippen LogP contribution < -0.4 is 11.1 Å². The molecule has 96 valence electrons. The van der Waals surface area contributed by atoms with E-state index in [-0.39, 0.29) is 12.6 Å². The summed E-state index contributed by atoms with van der Waals surface area (Å²) in [6, 6.07) is 8.24. The highest BCUT2D eigenvalue weighted by Crippen LogP contribution is 2.04. The van der Waals surface area contributed by atoms with Crippen molar-refractivity contribution in [2.45, 2.75) is 45.4 Å². The molecule has 1 unspecified atom stereocenters. The summed E-state index contributed by atoms with van der Waals surface area (Å²) < 4.78 is 0. The molecule has 0 amide bonds. The Hall–Kier alpha value is -0.900. The highest BCUT2D eigenvalue weighted by atomic mass is 16.3. The lowest BCUT2D eigenvalue weighted by Crippen LogP contribution is -2.33. The zero-order valence-corrected chi connectivity index (χ0v) is 10.7. The number of benzene rings is 1. The van der Waals surface area contributed by atoms with Gasteiger partial charge in [0.1, 0.15) is 0 Å². The van der Waals surface area contributed by atoms with Gasteiger partial charge in [-0.05, 0) is 17.5 Å². The van der Waals surface area contributed by atoms with Crippen molar-refractivity contribution in [1.82, 2.24) is 5.32 Å². The summed E-state index contributed by atoms with van der Waals surface area (Å²) >= 11 is 0. The Morgan fingerprint density at radius 2 is 1.88 bits per heavy atom. The normalized spacial score (nSPS) is 12.6. The minimum atomic E-state index is 0.107. The van der Waals surface area contributed by atoms with Crippen molar-refractivity contribution in [3.8, 4) is 0 Å². The average Bonchev–Trinajstić information content (AvgIpc) is 2.37. The van der Waals surface area contributed by atoms with Crippen LogP contribution in [0.2, 0.25) is 0 Å². The third-order valence-electron chi connectivity index (χ3n) is 2.87. The lowest BCUT2D eigenvalue weighted by atomic mass is 10.1. The highest BCUT2D eigenvalue weighted by Gasteiger charge is 2.01. The average molecular weight is 236 g/mol. The van der Waals surface area contributed by atoms with Gasteiger partial charge in [-0.15, -0.1) is 0 Å². The van der Waals surface area contributed by atoms with Crippen LogP contribution in [0.1, 0.15) is 37.3 Å². The van der Waals surface area contributed by atoms with Crippen molar-refractivity contribution in [2.24, 2.45) is 5.73 Å². The second-order valence-electron chi connectivity index (χ2n) is 4.51. The van der Waals surface area contributed by atoms with Gasteiger partial charge in [-0.2, -0.15) is 0 Å². The third kappa shape index (κ3) is 5.82. The van der Waals surface area contributed by atoms with E-state index in [0.29, 0.717) is 0 Å². The van der Waals surface area contributed by atoms with E-state index < -0.39 is 0 Å². The van der Waals surface area contributed by atoms with Gasteiger partial charge in [0.25, 0.3) is 0 Å². The number of aliphatic hydroxyl groups is 1. The van der Waals surface area contributed by atoms with Crippen LogP contribution in [0.5, 0.6) is 0 Å². The van der Waals surface area contributed by atoms with Crippen LogP contribution in [-0.4, -0.2) is 17.7 Å². The molecule has 0 aliphatic rings. The molecule has 0 saturated carbocycles. The summed E-state index contributed by atoms with van der Waals surface area (Å²) in [5.41, 5.74) is 8.15. The maximum atomic E-state index is 8.93. The Morgan fingerprint density at radius 3 is 2.47 bits per heavy atom. The first-order chi connectivity index (χ1) is 8.26. The van der Waals surface area contributed by atoms with E-state index in [0.717, 1.165) is 25.1 Å². The molecule has 0 aromatic heterocycles. The summed E-state index contributed by atoms with van der Waals surface area (Å²) in [6.45, 7) is 3.99. The Balaban J connectivity index is 2.21. The second-order valence-corrected chi connectivity index (χ2v) is 4.51. The maximum Gasteiger partial charge on any atom is 0.0681 e. The molecule has 0 radical (unpaired) electrons. The fourth-order valence-electron chi connectivity index (χ4n) is 1.73.